The Balaban J connectivity index is 2.06. The normalized spacial score (nSPS) is 34.3. The monoisotopic (exact) mass is 245 g/mol. The maximum atomic E-state index is 6.51. The molecule has 1 aromatic rings. The van der Waals surface area contributed by atoms with E-state index in [1.165, 1.54) is 17.5 Å². The van der Waals surface area contributed by atoms with E-state index in [1.54, 1.807) is 0 Å². The van der Waals surface area contributed by atoms with Gasteiger partial charge in [-0.1, -0.05) is 31.2 Å². The van der Waals surface area contributed by atoms with Crippen LogP contribution >= 0.6 is 0 Å². The Labute approximate surface area is 110 Å². The summed E-state index contributed by atoms with van der Waals surface area (Å²) in [5.41, 5.74) is 2.70. The van der Waals surface area contributed by atoms with Gasteiger partial charge in [0.2, 0.25) is 0 Å². The Morgan fingerprint density at radius 2 is 2.00 bits per heavy atom. The van der Waals surface area contributed by atoms with Crippen LogP contribution in [0.25, 0.3) is 0 Å². The Kier molecular flexibility index (Phi) is 2.76. The lowest BCUT2D eigenvalue weighted by molar-refractivity contribution is -0.175. The lowest BCUT2D eigenvalue weighted by Crippen LogP contribution is -2.57. The van der Waals surface area contributed by atoms with Gasteiger partial charge in [0.05, 0.1) is 5.60 Å². The zero-order valence-corrected chi connectivity index (χ0v) is 11.6. The molecule has 98 valence electrons. The third kappa shape index (κ3) is 1.88. The van der Waals surface area contributed by atoms with Gasteiger partial charge in [-0.05, 0) is 43.7 Å². The van der Waals surface area contributed by atoms with Gasteiger partial charge in [0.15, 0.2) is 0 Å². The molecule has 1 aliphatic carbocycles. The summed E-state index contributed by atoms with van der Waals surface area (Å²) in [5.74, 6) is 0.653. The molecule has 2 heteroatoms. The summed E-state index contributed by atoms with van der Waals surface area (Å²) in [7, 11) is 0. The van der Waals surface area contributed by atoms with Crippen LogP contribution in [0.15, 0.2) is 24.3 Å². The van der Waals surface area contributed by atoms with Crippen molar-refractivity contribution in [3.63, 3.8) is 0 Å². The number of ether oxygens (including phenoxy) is 1. The second kappa shape index (κ2) is 4.07. The van der Waals surface area contributed by atoms with Crippen LogP contribution in [0.3, 0.4) is 0 Å². The number of hydrogen-bond donors (Lipinski definition) is 1. The zero-order valence-electron chi connectivity index (χ0n) is 11.6. The molecule has 2 aliphatic rings. The van der Waals surface area contributed by atoms with Gasteiger partial charge < -0.3 is 10.1 Å². The van der Waals surface area contributed by atoms with Crippen molar-refractivity contribution >= 4 is 0 Å². The smallest absolute Gasteiger partial charge is 0.107 e. The van der Waals surface area contributed by atoms with Crippen LogP contribution < -0.4 is 5.32 Å². The van der Waals surface area contributed by atoms with Gasteiger partial charge in [0, 0.05) is 13.1 Å². The highest BCUT2D eigenvalue weighted by molar-refractivity contribution is 5.38. The van der Waals surface area contributed by atoms with Gasteiger partial charge >= 0.3 is 0 Å². The van der Waals surface area contributed by atoms with Crippen LogP contribution in [-0.2, 0) is 10.3 Å². The first-order valence-electron chi connectivity index (χ1n) is 7.03. The van der Waals surface area contributed by atoms with Crippen LogP contribution in [0.4, 0.5) is 0 Å². The van der Waals surface area contributed by atoms with Crippen LogP contribution in [0, 0.1) is 0 Å². The fraction of sp³-hybridized carbons (Fsp3) is 0.625. The number of rotatable bonds is 0. The molecule has 2 unspecified atom stereocenters. The number of benzene rings is 1. The fourth-order valence-corrected chi connectivity index (χ4v) is 3.54. The minimum Gasteiger partial charge on any atom is -0.362 e. The summed E-state index contributed by atoms with van der Waals surface area (Å²) in [4.78, 5) is 0. The summed E-state index contributed by atoms with van der Waals surface area (Å²) >= 11 is 0. The third-order valence-electron chi connectivity index (χ3n) is 4.40. The highest BCUT2D eigenvalue weighted by atomic mass is 16.5. The minimum atomic E-state index is -0.106. The van der Waals surface area contributed by atoms with E-state index < -0.39 is 0 Å². The highest BCUT2D eigenvalue weighted by Crippen LogP contribution is 2.46. The first-order valence-corrected chi connectivity index (χ1v) is 7.03. The minimum absolute atomic E-state index is 0.0774. The quantitative estimate of drug-likeness (QED) is 0.758. The van der Waals surface area contributed by atoms with E-state index in [0.717, 1.165) is 19.5 Å². The second-order valence-corrected chi connectivity index (χ2v) is 6.49. The summed E-state index contributed by atoms with van der Waals surface area (Å²) in [5, 5.41) is 3.57. The van der Waals surface area contributed by atoms with Crippen molar-refractivity contribution in [2.45, 2.75) is 50.7 Å². The Morgan fingerprint density at radius 3 is 2.78 bits per heavy atom. The van der Waals surface area contributed by atoms with Crippen LogP contribution in [0.1, 0.15) is 50.7 Å². The lowest BCUT2D eigenvalue weighted by atomic mass is 9.73. The average Bonchev–Trinajstić information content (AvgIpc) is 2.34. The van der Waals surface area contributed by atoms with E-state index in [-0.39, 0.29) is 11.2 Å². The molecule has 0 radical (unpaired) electrons. The number of hydrogen-bond acceptors (Lipinski definition) is 2. The molecule has 1 spiro atoms. The Morgan fingerprint density at radius 1 is 1.22 bits per heavy atom. The number of morpholine rings is 1. The van der Waals surface area contributed by atoms with Crippen LogP contribution in [-0.4, -0.2) is 18.7 Å². The van der Waals surface area contributed by atoms with E-state index in [4.69, 9.17) is 4.74 Å². The van der Waals surface area contributed by atoms with E-state index in [0.29, 0.717) is 5.92 Å². The molecule has 18 heavy (non-hydrogen) atoms. The van der Waals surface area contributed by atoms with Crippen molar-refractivity contribution in [2.75, 3.05) is 13.1 Å². The summed E-state index contributed by atoms with van der Waals surface area (Å²) in [6.07, 6.45) is 2.34. The third-order valence-corrected chi connectivity index (χ3v) is 4.40. The van der Waals surface area contributed by atoms with Gasteiger partial charge in [-0.2, -0.15) is 0 Å². The van der Waals surface area contributed by atoms with Crippen molar-refractivity contribution in [1.82, 2.24) is 5.32 Å². The van der Waals surface area contributed by atoms with Gasteiger partial charge in [-0.15, -0.1) is 0 Å². The molecule has 1 N–H and O–H groups in total. The van der Waals surface area contributed by atoms with Gasteiger partial charge in [0.25, 0.3) is 0 Å². The maximum absolute atomic E-state index is 6.51. The number of nitrogens with one attached hydrogen (secondary N) is 1. The SMILES string of the molecule is CC1CCC2(CNCC(C)(C)O2)c2ccccc21. The van der Waals surface area contributed by atoms with Crippen LogP contribution in [0.5, 0.6) is 0 Å². The molecule has 3 rings (SSSR count). The molecule has 0 amide bonds. The van der Waals surface area contributed by atoms with Crippen molar-refractivity contribution in [3.05, 3.63) is 35.4 Å². The predicted octanol–water partition coefficient (Wildman–Crippen LogP) is 3.18. The predicted molar refractivity (Wildman–Crippen MR) is 73.8 cm³/mol. The maximum Gasteiger partial charge on any atom is 0.107 e. The van der Waals surface area contributed by atoms with Gasteiger partial charge in [-0.3, -0.25) is 0 Å². The standard InChI is InChI=1S/C16H23NO/c1-12-8-9-16(11-17-10-15(2,3)18-16)14-7-5-4-6-13(12)14/h4-7,12,17H,8-11H2,1-3H3. The van der Waals surface area contributed by atoms with Crippen molar-refractivity contribution in [1.29, 1.82) is 0 Å². The summed E-state index contributed by atoms with van der Waals surface area (Å²) in [6, 6.07) is 8.82. The average molecular weight is 245 g/mol. The first kappa shape index (κ1) is 12.2. The molecule has 1 heterocycles. The molecule has 2 atom stereocenters. The van der Waals surface area contributed by atoms with Crippen molar-refractivity contribution in [3.8, 4) is 0 Å². The molecular formula is C16H23NO. The molecule has 1 aliphatic heterocycles. The molecule has 2 nitrogen and oxygen atoms in total. The molecule has 0 saturated carbocycles. The van der Waals surface area contributed by atoms with Gasteiger partial charge in [0.1, 0.15) is 5.60 Å². The topological polar surface area (TPSA) is 21.3 Å². The summed E-state index contributed by atoms with van der Waals surface area (Å²) in [6.45, 7) is 8.57. The fourth-order valence-electron chi connectivity index (χ4n) is 3.54. The zero-order chi connectivity index (χ0) is 12.8. The molecular weight excluding hydrogens is 222 g/mol. The van der Waals surface area contributed by atoms with E-state index in [9.17, 15) is 0 Å². The summed E-state index contributed by atoms with van der Waals surface area (Å²) < 4.78 is 6.51. The van der Waals surface area contributed by atoms with E-state index in [1.807, 2.05) is 0 Å². The lowest BCUT2D eigenvalue weighted by Gasteiger charge is -2.49. The van der Waals surface area contributed by atoms with E-state index in [2.05, 4.69) is 50.4 Å². The van der Waals surface area contributed by atoms with Crippen LogP contribution in [0.2, 0.25) is 0 Å². The largest absolute Gasteiger partial charge is 0.362 e. The molecule has 1 saturated heterocycles. The molecule has 1 fully saturated rings. The second-order valence-electron chi connectivity index (χ2n) is 6.49. The molecule has 0 aromatic heterocycles. The van der Waals surface area contributed by atoms with Crippen molar-refractivity contribution in [2.24, 2.45) is 0 Å². The van der Waals surface area contributed by atoms with Crippen molar-refractivity contribution < 1.29 is 4.74 Å². The number of fused-ring (bicyclic) bond motifs is 2. The van der Waals surface area contributed by atoms with Gasteiger partial charge in [-0.25, -0.2) is 0 Å². The first-order chi connectivity index (χ1) is 8.53. The Bertz CT molecular complexity index is 454. The van der Waals surface area contributed by atoms with E-state index >= 15 is 0 Å². The Hall–Kier alpha value is -0.860. The highest BCUT2D eigenvalue weighted by Gasteiger charge is 2.45. The molecule has 1 aromatic carbocycles. The molecule has 0 bridgehead atoms.